The summed E-state index contributed by atoms with van der Waals surface area (Å²) < 4.78 is 18.2. The second-order valence-electron chi connectivity index (χ2n) is 6.75. The lowest BCUT2D eigenvalue weighted by Crippen LogP contribution is -2.53. The molecule has 7 heteroatoms. The molecule has 24 heavy (non-hydrogen) atoms. The van der Waals surface area contributed by atoms with Gasteiger partial charge in [-0.2, -0.15) is 5.26 Å². The maximum absolute atomic E-state index is 13.4. The van der Waals surface area contributed by atoms with E-state index in [9.17, 15) is 14.0 Å². The molecule has 2 atom stereocenters. The first-order valence-corrected chi connectivity index (χ1v) is 7.96. The van der Waals surface area contributed by atoms with Gasteiger partial charge >= 0.3 is 5.97 Å². The largest absolute Gasteiger partial charge is 0.467 e. The van der Waals surface area contributed by atoms with E-state index in [1.54, 1.807) is 6.08 Å². The van der Waals surface area contributed by atoms with Crippen molar-refractivity contribution in [1.29, 1.82) is 5.26 Å². The number of ether oxygens (including phenoxy) is 1. The molecule has 0 saturated heterocycles. The van der Waals surface area contributed by atoms with Crippen molar-refractivity contribution in [2.75, 3.05) is 13.7 Å². The molecule has 0 radical (unpaired) electrons. The van der Waals surface area contributed by atoms with Crippen molar-refractivity contribution in [3.05, 3.63) is 23.0 Å². The summed E-state index contributed by atoms with van der Waals surface area (Å²) in [5.74, 6) is -1.76. The number of nitrogens with zero attached hydrogens (tertiary/aromatic N) is 2. The van der Waals surface area contributed by atoms with E-state index in [0.29, 0.717) is 0 Å². The van der Waals surface area contributed by atoms with Crippen LogP contribution in [-0.2, 0) is 14.3 Å². The van der Waals surface area contributed by atoms with Crippen LogP contribution in [0, 0.1) is 22.7 Å². The fourth-order valence-corrected chi connectivity index (χ4v) is 2.93. The van der Waals surface area contributed by atoms with Gasteiger partial charge in [0.25, 0.3) is 0 Å². The lowest BCUT2D eigenvalue weighted by atomic mass is 9.84. The fourth-order valence-electron chi connectivity index (χ4n) is 2.67. The highest BCUT2D eigenvalue weighted by atomic mass is 35.5. The van der Waals surface area contributed by atoms with Gasteiger partial charge in [0, 0.05) is 6.54 Å². The van der Waals surface area contributed by atoms with Crippen molar-refractivity contribution in [3.63, 3.8) is 0 Å². The molecular formula is C17H22ClFN2O3. The first-order valence-electron chi connectivity index (χ1n) is 7.58. The summed E-state index contributed by atoms with van der Waals surface area (Å²) in [5.41, 5.74) is -0.596. The second-order valence-corrected chi connectivity index (χ2v) is 7.21. The first kappa shape index (κ1) is 20.2. The van der Waals surface area contributed by atoms with Crippen molar-refractivity contribution in [2.45, 2.75) is 39.7 Å². The molecule has 0 aromatic carbocycles. The van der Waals surface area contributed by atoms with E-state index in [1.165, 1.54) is 18.1 Å². The van der Waals surface area contributed by atoms with E-state index in [1.807, 2.05) is 26.8 Å². The molecule has 0 aromatic rings. The predicted molar refractivity (Wildman–Crippen MR) is 88.4 cm³/mol. The molecule has 132 valence electrons. The average Bonchev–Trinajstić information content (AvgIpc) is 2.48. The minimum atomic E-state index is -0.855. The third-order valence-corrected chi connectivity index (χ3v) is 4.09. The number of amides is 1. The van der Waals surface area contributed by atoms with Gasteiger partial charge in [0.05, 0.1) is 18.2 Å². The quantitative estimate of drug-likeness (QED) is 0.708. The molecule has 0 bridgehead atoms. The monoisotopic (exact) mass is 356 g/mol. The van der Waals surface area contributed by atoms with Gasteiger partial charge in [-0.3, -0.25) is 4.79 Å². The molecule has 0 fully saturated rings. The molecule has 0 N–H and O–H groups in total. The maximum Gasteiger partial charge on any atom is 0.329 e. The van der Waals surface area contributed by atoms with Gasteiger partial charge in [-0.1, -0.05) is 38.4 Å². The van der Waals surface area contributed by atoms with Gasteiger partial charge in [0.15, 0.2) is 0 Å². The van der Waals surface area contributed by atoms with E-state index in [2.05, 4.69) is 0 Å². The Balaban J connectivity index is 3.12. The predicted octanol–water partition coefficient (Wildman–Crippen LogP) is 3.31. The summed E-state index contributed by atoms with van der Waals surface area (Å²) in [6.45, 7) is 5.58. The van der Waals surface area contributed by atoms with Crippen molar-refractivity contribution < 1.29 is 18.7 Å². The molecule has 1 aliphatic carbocycles. The molecular weight excluding hydrogens is 335 g/mol. The Bertz CT molecular complexity index is 602. The summed E-state index contributed by atoms with van der Waals surface area (Å²) in [4.78, 5) is 26.0. The fraction of sp³-hybridized carbons (Fsp3) is 0.588. The molecule has 0 aromatic heterocycles. The zero-order chi connectivity index (χ0) is 18.5. The van der Waals surface area contributed by atoms with Gasteiger partial charge < -0.3 is 9.64 Å². The van der Waals surface area contributed by atoms with Crippen LogP contribution >= 0.6 is 11.6 Å². The van der Waals surface area contributed by atoms with E-state index < -0.39 is 29.2 Å². The smallest absolute Gasteiger partial charge is 0.329 e. The number of carbonyl (C=O) groups is 2. The van der Waals surface area contributed by atoms with E-state index >= 15 is 0 Å². The van der Waals surface area contributed by atoms with Crippen molar-refractivity contribution in [1.82, 2.24) is 4.90 Å². The number of esters is 1. The molecule has 0 heterocycles. The summed E-state index contributed by atoms with van der Waals surface area (Å²) in [7, 11) is 1.25. The lowest BCUT2D eigenvalue weighted by molar-refractivity contribution is -0.158. The summed E-state index contributed by atoms with van der Waals surface area (Å²) in [6, 6.07) is 0.952. The molecule has 1 rings (SSSR count). The standard InChI is InChI=1S/C17H22ClFN2O3/c1-17(2,3)15(16(23)24-4)21(14(22)7-8-20)10-11-5-6-13(19)12(18)9-11/h5-6,11,15H,7,9-10H2,1-4H3. The Labute approximate surface area is 146 Å². The average molecular weight is 357 g/mol. The molecule has 1 aliphatic rings. The minimum Gasteiger partial charge on any atom is -0.467 e. The van der Waals surface area contributed by atoms with E-state index in [4.69, 9.17) is 21.6 Å². The lowest BCUT2D eigenvalue weighted by Gasteiger charge is -2.39. The van der Waals surface area contributed by atoms with E-state index in [-0.39, 0.29) is 30.3 Å². The zero-order valence-corrected chi connectivity index (χ0v) is 15.1. The normalized spacial score (nSPS) is 18.8. The minimum absolute atomic E-state index is 0.0839. The number of hydrogen-bond acceptors (Lipinski definition) is 4. The van der Waals surface area contributed by atoms with Crippen LogP contribution in [0.1, 0.15) is 33.6 Å². The van der Waals surface area contributed by atoms with Crippen LogP contribution in [-0.4, -0.2) is 36.5 Å². The Morgan fingerprint density at radius 1 is 1.54 bits per heavy atom. The zero-order valence-electron chi connectivity index (χ0n) is 14.3. The highest BCUT2D eigenvalue weighted by Gasteiger charge is 2.40. The van der Waals surface area contributed by atoms with E-state index in [0.717, 1.165) is 0 Å². The third-order valence-electron chi connectivity index (χ3n) is 3.75. The Hall–Kier alpha value is -1.87. The third kappa shape index (κ3) is 5.07. The molecule has 0 saturated carbocycles. The Morgan fingerprint density at radius 3 is 2.62 bits per heavy atom. The summed E-state index contributed by atoms with van der Waals surface area (Å²) >= 11 is 5.85. The van der Waals surface area contributed by atoms with Gasteiger partial charge in [-0.05, 0) is 23.8 Å². The summed E-state index contributed by atoms with van der Waals surface area (Å²) in [5, 5.41) is 8.93. The Morgan fingerprint density at radius 2 is 2.17 bits per heavy atom. The van der Waals surface area contributed by atoms with Crippen LogP contribution in [0.4, 0.5) is 4.39 Å². The van der Waals surface area contributed by atoms with Crippen LogP contribution in [0.2, 0.25) is 0 Å². The van der Waals surface area contributed by atoms with Crippen LogP contribution in [0.3, 0.4) is 0 Å². The maximum atomic E-state index is 13.4. The van der Waals surface area contributed by atoms with Crippen molar-refractivity contribution >= 4 is 23.5 Å². The number of halogens is 2. The van der Waals surface area contributed by atoms with Gasteiger partial charge in [0.1, 0.15) is 18.3 Å². The SMILES string of the molecule is COC(=O)C(N(CC1C=CC(F)=C(Cl)C1)C(=O)CC#N)C(C)(C)C. The van der Waals surface area contributed by atoms with Crippen LogP contribution in [0.15, 0.2) is 23.0 Å². The first-order chi connectivity index (χ1) is 11.1. The number of carbonyl (C=O) groups excluding carboxylic acids is 2. The molecule has 0 aliphatic heterocycles. The highest BCUT2D eigenvalue weighted by Crippen LogP contribution is 2.31. The van der Waals surface area contributed by atoms with Gasteiger partial charge in [-0.25, -0.2) is 9.18 Å². The number of rotatable bonds is 5. The van der Waals surface area contributed by atoms with Gasteiger partial charge in [-0.15, -0.1) is 0 Å². The number of methoxy groups -OCH3 is 1. The molecule has 5 nitrogen and oxygen atoms in total. The van der Waals surface area contributed by atoms with Gasteiger partial charge in [0.2, 0.25) is 5.91 Å². The molecule has 0 spiro atoms. The molecule has 2 unspecified atom stereocenters. The molecule has 1 amide bonds. The van der Waals surface area contributed by atoms with Crippen LogP contribution in [0.25, 0.3) is 0 Å². The van der Waals surface area contributed by atoms with Crippen molar-refractivity contribution in [3.8, 4) is 6.07 Å². The second kappa shape index (κ2) is 8.29. The number of nitriles is 1. The Kier molecular flexibility index (Phi) is 6.97. The highest BCUT2D eigenvalue weighted by molar-refractivity contribution is 6.30. The van der Waals surface area contributed by atoms with Crippen molar-refractivity contribution in [2.24, 2.45) is 11.3 Å². The topological polar surface area (TPSA) is 70.4 Å². The van der Waals surface area contributed by atoms with Crippen LogP contribution in [0.5, 0.6) is 0 Å². The van der Waals surface area contributed by atoms with Crippen LogP contribution < -0.4 is 0 Å². The number of hydrogen-bond donors (Lipinski definition) is 0. The summed E-state index contributed by atoms with van der Waals surface area (Å²) in [6.07, 6.45) is 2.76. The number of allylic oxidation sites excluding steroid dienone is 3.